The van der Waals surface area contributed by atoms with Gasteiger partial charge in [0.2, 0.25) is 0 Å². The fraction of sp³-hybridized carbons (Fsp3) is 0.867. The van der Waals surface area contributed by atoms with Crippen LogP contribution in [-0.2, 0) is 28.6 Å². The number of amides is 1. The van der Waals surface area contributed by atoms with Gasteiger partial charge in [-0.3, -0.25) is 14.4 Å². The van der Waals surface area contributed by atoms with Gasteiger partial charge in [-0.15, -0.1) is 0 Å². The maximum atomic E-state index is 12.8. The Balaban J connectivity index is 1.63. The summed E-state index contributed by atoms with van der Waals surface area (Å²) in [6.07, 6.45) is 4.49. The number of ether oxygens (including phenoxy) is 3. The van der Waals surface area contributed by atoms with E-state index in [9.17, 15) is 24.3 Å². The van der Waals surface area contributed by atoms with Crippen molar-refractivity contribution in [2.45, 2.75) is 104 Å². The van der Waals surface area contributed by atoms with Crippen molar-refractivity contribution < 1.29 is 43.6 Å². The lowest BCUT2D eigenvalue weighted by Crippen LogP contribution is -2.63. The minimum atomic E-state index is -1.14. The molecule has 4 rings (SSSR count). The molecule has 4 fully saturated rings. The summed E-state index contributed by atoms with van der Waals surface area (Å²) in [5.41, 5.74) is -0.496. The molecule has 10 heteroatoms. The van der Waals surface area contributed by atoms with Crippen LogP contribution in [0.2, 0.25) is 0 Å². The highest BCUT2D eigenvalue weighted by Gasteiger charge is 2.66. The minimum absolute atomic E-state index is 0.0216. The zero-order valence-electron chi connectivity index (χ0n) is 24.5. The molecule has 0 radical (unpaired) electrons. The number of carboxylic acid groups (broad SMARTS) is 1. The fourth-order valence-electron chi connectivity index (χ4n) is 9.53. The second kappa shape index (κ2) is 11.9. The third-order valence-electron chi connectivity index (χ3n) is 11.5. The molecule has 3 N–H and O–H groups in total. The van der Waals surface area contributed by atoms with Crippen molar-refractivity contribution in [2.24, 2.45) is 46.3 Å². The number of aliphatic hydroxyl groups is 1. The van der Waals surface area contributed by atoms with Crippen LogP contribution in [0.5, 0.6) is 0 Å². The van der Waals surface area contributed by atoms with Crippen LogP contribution >= 0.6 is 0 Å². The minimum Gasteiger partial charge on any atom is -0.480 e. The molecule has 4 saturated carbocycles. The van der Waals surface area contributed by atoms with Crippen LogP contribution in [0.1, 0.15) is 85.5 Å². The van der Waals surface area contributed by atoms with Gasteiger partial charge >= 0.3 is 24.0 Å². The number of esters is 2. The second-order valence-electron chi connectivity index (χ2n) is 13.3. The van der Waals surface area contributed by atoms with Gasteiger partial charge in [0.05, 0.1) is 13.2 Å². The SMILES string of the molecule is COC(=O)CC[C@@H](C)[C@H]1CC[C@H]2[C@@H]3[C@H](OC(=O)NCC(=O)O)C[C@@H]4C[C@H](OC(C)=O)CC[C@]4(C)[C@H]3C[C@H](O)[C@]12C. The fourth-order valence-corrected chi connectivity index (χ4v) is 9.53. The van der Waals surface area contributed by atoms with E-state index in [0.29, 0.717) is 32.1 Å². The van der Waals surface area contributed by atoms with Crippen LogP contribution in [0.15, 0.2) is 0 Å². The number of aliphatic hydroxyl groups excluding tert-OH is 1. The van der Waals surface area contributed by atoms with E-state index in [4.69, 9.17) is 19.3 Å². The number of rotatable bonds is 8. The van der Waals surface area contributed by atoms with Gasteiger partial charge in [-0.05, 0) is 91.8 Å². The van der Waals surface area contributed by atoms with Crippen molar-refractivity contribution in [3.05, 3.63) is 0 Å². The molecule has 0 aromatic rings. The lowest BCUT2D eigenvalue weighted by Gasteiger charge is -2.63. The molecule has 0 spiro atoms. The van der Waals surface area contributed by atoms with Gasteiger partial charge in [0.15, 0.2) is 0 Å². The number of carboxylic acids is 1. The van der Waals surface area contributed by atoms with E-state index in [0.717, 1.165) is 25.7 Å². The summed E-state index contributed by atoms with van der Waals surface area (Å²) in [6, 6.07) is 0. The summed E-state index contributed by atoms with van der Waals surface area (Å²) in [4.78, 5) is 47.4. The van der Waals surface area contributed by atoms with Gasteiger partial charge in [0, 0.05) is 19.3 Å². The highest BCUT2D eigenvalue weighted by atomic mass is 16.6. The molecule has 0 unspecified atom stereocenters. The third-order valence-corrected chi connectivity index (χ3v) is 11.5. The molecule has 0 aliphatic heterocycles. The molecular formula is C30H47NO9. The summed E-state index contributed by atoms with van der Waals surface area (Å²) >= 11 is 0. The van der Waals surface area contributed by atoms with E-state index in [1.165, 1.54) is 14.0 Å². The van der Waals surface area contributed by atoms with Crippen LogP contribution in [0.4, 0.5) is 4.79 Å². The molecule has 0 heterocycles. The first-order chi connectivity index (χ1) is 18.8. The van der Waals surface area contributed by atoms with Crippen molar-refractivity contribution in [1.82, 2.24) is 5.32 Å². The number of aliphatic carboxylic acids is 1. The largest absolute Gasteiger partial charge is 0.480 e. The number of nitrogens with one attached hydrogen (secondary N) is 1. The number of hydrogen-bond acceptors (Lipinski definition) is 8. The average Bonchev–Trinajstić information content (AvgIpc) is 3.25. The van der Waals surface area contributed by atoms with Crippen LogP contribution in [0.3, 0.4) is 0 Å². The molecule has 1 amide bonds. The zero-order chi connectivity index (χ0) is 29.4. The van der Waals surface area contributed by atoms with E-state index in [-0.39, 0.29) is 59.0 Å². The Hall–Kier alpha value is -2.36. The van der Waals surface area contributed by atoms with Gasteiger partial charge in [0.25, 0.3) is 0 Å². The quantitative estimate of drug-likeness (QED) is 0.294. The molecule has 226 valence electrons. The normalized spacial score (nSPS) is 41.0. The summed E-state index contributed by atoms with van der Waals surface area (Å²) in [5, 5.41) is 23.3. The van der Waals surface area contributed by atoms with Gasteiger partial charge in [-0.2, -0.15) is 0 Å². The van der Waals surface area contributed by atoms with E-state index >= 15 is 0 Å². The first-order valence-corrected chi connectivity index (χ1v) is 14.9. The van der Waals surface area contributed by atoms with Gasteiger partial charge < -0.3 is 29.7 Å². The maximum absolute atomic E-state index is 12.8. The Kier molecular flexibility index (Phi) is 9.07. The molecule has 0 aromatic carbocycles. The molecule has 40 heavy (non-hydrogen) atoms. The Labute approximate surface area is 236 Å². The standard InChI is InChI=1S/C30H47NO9/c1-16(6-9-26(36)38-5)20-7-8-21-27-22(14-24(33)30(20,21)4)29(3)11-10-19(39-17(2)32)12-18(29)13-23(27)40-28(37)31-15-25(34)35/h16,18-24,27,33H,6-15H2,1-5H3,(H,31,37)(H,34,35)/t16-,18+,19-,20-,21+,22+,23-,24+,27+,29+,30-/m1/s1. The molecule has 4 aliphatic rings. The summed E-state index contributed by atoms with van der Waals surface area (Å²) < 4.78 is 16.5. The Bertz CT molecular complexity index is 986. The average molecular weight is 566 g/mol. The maximum Gasteiger partial charge on any atom is 0.407 e. The van der Waals surface area contributed by atoms with Crippen LogP contribution in [0.25, 0.3) is 0 Å². The van der Waals surface area contributed by atoms with Crippen LogP contribution < -0.4 is 5.32 Å². The molecule has 0 aromatic heterocycles. The Morgan fingerprint density at radius 3 is 2.40 bits per heavy atom. The predicted octanol–water partition coefficient (Wildman–Crippen LogP) is 3.93. The molecule has 4 aliphatic carbocycles. The smallest absolute Gasteiger partial charge is 0.407 e. The number of carbonyl (C=O) groups is 4. The monoisotopic (exact) mass is 565 g/mol. The molecular weight excluding hydrogens is 518 g/mol. The van der Waals surface area contributed by atoms with Crippen molar-refractivity contribution in [1.29, 1.82) is 0 Å². The second-order valence-corrected chi connectivity index (χ2v) is 13.3. The van der Waals surface area contributed by atoms with E-state index in [2.05, 4.69) is 26.1 Å². The van der Waals surface area contributed by atoms with E-state index in [1.807, 2.05) is 0 Å². The Morgan fingerprint density at radius 2 is 1.75 bits per heavy atom. The predicted molar refractivity (Wildman–Crippen MR) is 144 cm³/mol. The van der Waals surface area contributed by atoms with E-state index < -0.39 is 36.2 Å². The van der Waals surface area contributed by atoms with Crippen LogP contribution in [0, 0.1) is 46.3 Å². The third kappa shape index (κ3) is 5.70. The topological polar surface area (TPSA) is 148 Å². The van der Waals surface area contributed by atoms with Crippen molar-refractivity contribution in [3.8, 4) is 0 Å². The van der Waals surface area contributed by atoms with Crippen molar-refractivity contribution >= 4 is 24.0 Å². The highest BCUT2D eigenvalue weighted by molar-refractivity contribution is 5.76. The number of hydrogen-bond donors (Lipinski definition) is 3. The van der Waals surface area contributed by atoms with E-state index in [1.54, 1.807) is 0 Å². The van der Waals surface area contributed by atoms with Gasteiger partial charge in [0.1, 0.15) is 18.8 Å². The van der Waals surface area contributed by atoms with Gasteiger partial charge in [-0.25, -0.2) is 4.79 Å². The van der Waals surface area contributed by atoms with Crippen molar-refractivity contribution in [2.75, 3.05) is 13.7 Å². The summed E-state index contributed by atoms with van der Waals surface area (Å²) in [7, 11) is 1.40. The number of methoxy groups -OCH3 is 1. The zero-order valence-corrected chi connectivity index (χ0v) is 24.5. The number of fused-ring (bicyclic) bond motifs is 5. The molecule has 0 bridgehead atoms. The van der Waals surface area contributed by atoms with Crippen LogP contribution in [-0.4, -0.2) is 66.2 Å². The lowest BCUT2D eigenvalue weighted by atomic mass is 9.43. The molecule has 0 saturated heterocycles. The number of carbonyl (C=O) groups excluding carboxylic acids is 3. The highest BCUT2D eigenvalue weighted by Crippen LogP contribution is 2.68. The Morgan fingerprint density at radius 1 is 1.02 bits per heavy atom. The van der Waals surface area contributed by atoms with Gasteiger partial charge in [-0.1, -0.05) is 20.8 Å². The summed E-state index contributed by atoms with van der Waals surface area (Å²) in [5.74, 6) is -0.861. The first-order valence-electron chi connectivity index (χ1n) is 14.9. The first kappa shape index (κ1) is 30.6. The summed E-state index contributed by atoms with van der Waals surface area (Å²) in [6.45, 7) is 7.53. The lowest BCUT2D eigenvalue weighted by molar-refractivity contribution is -0.209. The molecule has 11 atom stereocenters. The number of alkyl carbamates (subject to hydrolysis) is 1. The van der Waals surface area contributed by atoms with Crippen molar-refractivity contribution in [3.63, 3.8) is 0 Å². The molecule has 10 nitrogen and oxygen atoms in total.